The maximum absolute atomic E-state index is 13.2. The van der Waals surface area contributed by atoms with E-state index in [0.717, 1.165) is 5.69 Å². The van der Waals surface area contributed by atoms with Crippen LogP contribution in [-0.2, 0) is 0 Å². The Morgan fingerprint density at radius 3 is 2.48 bits per heavy atom. The molecular formula is C22H21FN6O2. The number of hydrogen-bond donors (Lipinski definition) is 1. The predicted octanol–water partition coefficient (Wildman–Crippen LogP) is 2.81. The number of carbonyl (C=O) groups excluding carboxylic acids is 1. The van der Waals surface area contributed by atoms with E-state index in [1.807, 2.05) is 31.1 Å². The van der Waals surface area contributed by atoms with Gasteiger partial charge in [0.2, 0.25) is 5.88 Å². The highest BCUT2D eigenvalue weighted by Crippen LogP contribution is 2.19. The normalized spacial score (nSPS) is 10.8. The molecule has 0 saturated heterocycles. The van der Waals surface area contributed by atoms with Gasteiger partial charge in [-0.3, -0.25) is 4.79 Å². The summed E-state index contributed by atoms with van der Waals surface area (Å²) in [6.07, 6.45) is 0. The van der Waals surface area contributed by atoms with Crippen LogP contribution < -0.4 is 15.0 Å². The first-order valence-electron chi connectivity index (χ1n) is 9.68. The van der Waals surface area contributed by atoms with Gasteiger partial charge in [-0.15, -0.1) is 15.3 Å². The van der Waals surface area contributed by atoms with Crippen molar-refractivity contribution >= 4 is 17.2 Å². The van der Waals surface area contributed by atoms with Gasteiger partial charge >= 0.3 is 0 Å². The maximum Gasteiger partial charge on any atom is 0.251 e. The Labute approximate surface area is 178 Å². The van der Waals surface area contributed by atoms with Gasteiger partial charge in [-0.1, -0.05) is 0 Å². The Hall–Kier alpha value is -4.01. The smallest absolute Gasteiger partial charge is 0.251 e. The van der Waals surface area contributed by atoms with Crippen LogP contribution in [-0.4, -0.2) is 53.0 Å². The van der Waals surface area contributed by atoms with Crippen LogP contribution in [0.15, 0.2) is 60.7 Å². The van der Waals surface area contributed by atoms with E-state index in [1.54, 1.807) is 36.4 Å². The Kier molecular flexibility index (Phi) is 5.74. The number of halogens is 1. The van der Waals surface area contributed by atoms with Gasteiger partial charge in [0.15, 0.2) is 11.5 Å². The summed E-state index contributed by atoms with van der Waals surface area (Å²) >= 11 is 0. The third kappa shape index (κ3) is 4.61. The number of aromatic nitrogens is 4. The number of hydrogen-bond acceptors (Lipinski definition) is 6. The number of benzene rings is 2. The molecule has 0 atom stereocenters. The first kappa shape index (κ1) is 20.3. The van der Waals surface area contributed by atoms with Crippen molar-refractivity contribution in [2.45, 2.75) is 0 Å². The average molecular weight is 420 g/mol. The minimum Gasteiger partial charge on any atom is -0.475 e. The summed E-state index contributed by atoms with van der Waals surface area (Å²) in [5, 5.41) is 15.4. The maximum atomic E-state index is 13.2. The molecule has 0 bridgehead atoms. The lowest BCUT2D eigenvalue weighted by Gasteiger charge is -2.12. The van der Waals surface area contributed by atoms with Crippen molar-refractivity contribution in [1.29, 1.82) is 0 Å². The van der Waals surface area contributed by atoms with Crippen molar-refractivity contribution in [2.24, 2.45) is 0 Å². The number of anilines is 1. The van der Waals surface area contributed by atoms with Gasteiger partial charge in [0.1, 0.15) is 12.4 Å². The van der Waals surface area contributed by atoms with Crippen LogP contribution in [0.2, 0.25) is 0 Å². The van der Waals surface area contributed by atoms with Gasteiger partial charge in [-0.2, -0.15) is 4.52 Å². The number of amides is 1. The monoisotopic (exact) mass is 420 g/mol. The summed E-state index contributed by atoms with van der Waals surface area (Å²) in [5.41, 5.74) is 2.83. The molecule has 1 amide bonds. The number of ether oxygens (including phenoxy) is 1. The predicted molar refractivity (Wildman–Crippen MR) is 115 cm³/mol. The summed E-state index contributed by atoms with van der Waals surface area (Å²) in [6.45, 7) is 0.564. The van der Waals surface area contributed by atoms with Crippen LogP contribution in [0.4, 0.5) is 10.1 Å². The lowest BCUT2D eigenvalue weighted by molar-refractivity contribution is 0.0946. The number of rotatable bonds is 7. The molecule has 0 aliphatic rings. The van der Waals surface area contributed by atoms with Crippen LogP contribution in [0, 0.1) is 5.82 Å². The van der Waals surface area contributed by atoms with Crippen molar-refractivity contribution in [3.63, 3.8) is 0 Å². The fourth-order valence-electron chi connectivity index (χ4n) is 2.96. The molecule has 0 saturated carbocycles. The lowest BCUT2D eigenvalue weighted by atomic mass is 10.2. The third-order valence-electron chi connectivity index (χ3n) is 4.62. The van der Waals surface area contributed by atoms with E-state index in [4.69, 9.17) is 4.74 Å². The van der Waals surface area contributed by atoms with Crippen LogP contribution >= 0.6 is 0 Å². The topological polar surface area (TPSA) is 84.7 Å². The van der Waals surface area contributed by atoms with E-state index in [2.05, 4.69) is 20.6 Å². The second-order valence-electron chi connectivity index (χ2n) is 7.02. The molecule has 158 valence electrons. The molecule has 2 aromatic heterocycles. The van der Waals surface area contributed by atoms with Gasteiger partial charge in [-0.25, -0.2) is 4.39 Å². The fraction of sp³-hybridized carbons (Fsp3) is 0.182. The Morgan fingerprint density at radius 2 is 1.77 bits per heavy atom. The van der Waals surface area contributed by atoms with E-state index >= 15 is 0 Å². The number of nitrogens with one attached hydrogen (secondary N) is 1. The van der Waals surface area contributed by atoms with E-state index in [-0.39, 0.29) is 18.3 Å². The van der Waals surface area contributed by atoms with Gasteiger partial charge in [0, 0.05) is 37.0 Å². The zero-order valence-electron chi connectivity index (χ0n) is 17.1. The highest BCUT2D eigenvalue weighted by atomic mass is 19.1. The molecule has 4 rings (SSSR count). The van der Waals surface area contributed by atoms with Gasteiger partial charge in [0.25, 0.3) is 5.91 Å². The van der Waals surface area contributed by atoms with Crippen LogP contribution in [0.25, 0.3) is 17.0 Å². The van der Waals surface area contributed by atoms with Crippen LogP contribution in [0.3, 0.4) is 0 Å². The second kappa shape index (κ2) is 8.78. The molecule has 0 unspecified atom stereocenters. The molecule has 0 radical (unpaired) electrons. The Balaban J connectivity index is 1.36. The summed E-state index contributed by atoms with van der Waals surface area (Å²) in [4.78, 5) is 14.2. The Morgan fingerprint density at radius 1 is 1.03 bits per heavy atom. The van der Waals surface area contributed by atoms with E-state index < -0.39 is 0 Å². The minimum absolute atomic E-state index is 0.172. The lowest BCUT2D eigenvalue weighted by Crippen LogP contribution is -2.28. The van der Waals surface area contributed by atoms with Crippen LogP contribution in [0.1, 0.15) is 10.4 Å². The number of fused-ring (bicyclic) bond motifs is 1. The average Bonchev–Trinajstić information content (AvgIpc) is 3.20. The van der Waals surface area contributed by atoms with E-state index in [9.17, 15) is 9.18 Å². The molecule has 1 N–H and O–H groups in total. The standard InChI is InChI=1S/C22H21FN6O2/c1-28(2)18-9-5-16(6-10-18)22(30)24-13-14-31-20-12-11-19-25-26-21(29(19)27-20)15-3-7-17(23)8-4-15/h3-12H,13-14H2,1-2H3,(H,24,30). The minimum atomic E-state index is -0.328. The first-order chi connectivity index (χ1) is 15.0. The van der Waals surface area contributed by atoms with Gasteiger partial charge < -0.3 is 15.0 Å². The molecule has 2 aromatic carbocycles. The molecule has 2 heterocycles. The largest absolute Gasteiger partial charge is 0.475 e. The van der Waals surface area contributed by atoms with Crippen molar-refractivity contribution in [1.82, 2.24) is 25.1 Å². The molecule has 31 heavy (non-hydrogen) atoms. The van der Waals surface area contributed by atoms with E-state index in [1.165, 1.54) is 16.6 Å². The first-order valence-corrected chi connectivity index (χ1v) is 9.68. The number of carbonyl (C=O) groups is 1. The highest BCUT2D eigenvalue weighted by Gasteiger charge is 2.11. The van der Waals surface area contributed by atoms with Crippen LogP contribution in [0.5, 0.6) is 5.88 Å². The summed E-state index contributed by atoms with van der Waals surface area (Å²) in [5.74, 6) is 0.343. The van der Waals surface area contributed by atoms with Gasteiger partial charge in [-0.05, 0) is 54.6 Å². The van der Waals surface area contributed by atoms with Crippen molar-refractivity contribution < 1.29 is 13.9 Å². The highest BCUT2D eigenvalue weighted by molar-refractivity contribution is 5.94. The molecule has 8 nitrogen and oxygen atoms in total. The second-order valence-corrected chi connectivity index (χ2v) is 7.02. The molecular weight excluding hydrogens is 399 g/mol. The van der Waals surface area contributed by atoms with E-state index in [0.29, 0.717) is 35.0 Å². The summed E-state index contributed by atoms with van der Waals surface area (Å²) < 4.78 is 20.4. The molecule has 0 aliphatic heterocycles. The molecule has 9 heteroatoms. The summed E-state index contributed by atoms with van der Waals surface area (Å²) in [6, 6.07) is 16.7. The molecule has 0 spiro atoms. The quantitative estimate of drug-likeness (QED) is 0.463. The van der Waals surface area contributed by atoms with Crippen molar-refractivity contribution in [3.05, 3.63) is 72.0 Å². The Bertz CT molecular complexity index is 1190. The molecule has 4 aromatic rings. The SMILES string of the molecule is CN(C)c1ccc(C(=O)NCCOc2ccc3nnc(-c4ccc(F)cc4)n3n2)cc1. The van der Waals surface area contributed by atoms with Crippen molar-refractivity contribution in [3.8, 4) is 17.3 Å². The fourth-order valence-corrected chi connectivity index (χ4v) is 2.96. The summed E-state index contributed by atoms with van der Waals surface area (Å²) in [7, 11) is 3.89. The van der Waals surface area contributed by atoms with Gasteiger partial charge in [0.05, 0.1) is 6.54 Å². The third-order valence-corrected chi connectivity index (χ3v) is 4.62. The molecule has 0 fully saturated rings. The number of nitrogens with zero attached hydrogens (tertiary/aromatic N) is 5. The zero-order valence-corrected chi connectivity index (χ0v) is 17.1. The molecule has 0 aliphatic carbocycles. The van der Waals surface area contributed by atoms with Crippen molar-refractivity contribution in [2.75, 3.05) is 32.1 Å². The zero-order chi connectivity index (χ0) is 21.8.